The van der Waals surface area contributed by atoms with Crippen molar-refractivity contribution in [1.29, 1.82) is 0 Å². The van der Waals surface area contributed by atoms with Gasteiger partial charge in [-0.05, 0) is 6.92 Å². The van der Waals surface area contributed by atoms with E-state index in [2.05, 4.69) is 17.3 Å². The smallest absolute Gasteiger partial charge is 0.0928 e. The number of aromatic nitrogens is 2. The minimum absolute atomic E-state index is 0.103. The molecule has 92 valence electrons. The number of hydrogen-bond acceptors (Lipinski definition) is 4. The zero-order chi connectivity index (χ0) is 11.8. The average molecular weight is 227 g/mol. The van der Waals surface area contributed by atoms with Gasteiger partial charge in [-0.1, -0.05) is 0 Å². The number of rotatable bonds is 8. The number of nitrogens with one attached hydrogen (secondary N) is 1. The van der Waals surface area contributed by atoms with Crippen molar-refractivity contribution in [3.8, 4) is 0 Å². The van der Waals surface area contributed by atoms with E-state index in [0.29, 0.717) is 6.61 Å². The largest absolute Gasteiger partial charge is 0.382 e. The Hall–Kier alpha value is -0.910. The third kappa shape index (κ3) is 4.30. The zero-order valence-corrected chi connectivity index (χ0v) is 10.3. The van der Waals surface area contributed by atoms with Gasteiger partial charge in [-0.15, -0.1) is 0 Å². The first-order valence-corrected chi connectivity index (χ1v) is 5.54. The first-order valence-electron chi connectivity index (χ1n) is 5.54. The van der Waals surface area contributed by atoms with E-state index in [0.717, 1.165) is 19.6 Å². The second-order valence-corrected chi connectivity index (χ2v) is 3.65. The van der Waals surface area contributed by atoms with Crippen LogP contribution in [0.4, 0.5) is 0 Å². The summed E-state index contributed by atoms with van der Waals surface area (Å²) in [6.45, 7) is 5.18. The number of nitrogens with zero attached hydrogens (tertiary/aromatic N) is 2. The third-order valence-electron chi connectivity index (χ3n) is 2.40. The van der Waals surface area contributed by atoms with Crippen molar-refractivity contribution in [1.82, 2.24) is 15.1 Å². The van der Waals surface area contributed by atoms with Gasteiger partial charge in [-0.25, -0.2) is 0 Å². The van der Waals surface area contributed by atoms with Crippen LogP contribution in [0.3, 0.4) is 0 Å². The van der Waals surface area contributed by atoms with Crippen LogP contribution < -0.4 is 5.32 Å². The molecule has 1 aromatic rings. The molecule has 0 radical (unpaired) electrons. The lowest BCUT2D eigenvalue weighted by Gasteiger charge is -2.14. The number of aryl methyl sites for hydroxylation is 1. The fourth-order valence-corrected chi connectivity index (χ4v) is 1.44. The van der Waals surface area contributed by atoms with Gasteiger partial charge in [0, 0.05) is 45.6 Å². The SMILES string of the molecule is CCn1cc(CNCC(COC)OC)cn1. The Kier molecular flexibility index (Phi) is 6.07. The summed E-state index contributed by atoms with van der Waals surface area (Å²) in [6.07, 6.45) is 4.03. The maximum Gasteiger partial charge on any atom is 0.0928 e. The molecule has 0 saturated carbocycles. The second-order valence-electron chi connectivity index (χ2n) is 3.65. The zero-order valence-electron chi connectivity index (χ0n) is 10.3. The second kappa shape index (κ2) is 7.38. The molecule has 1 aromatic heterocycles. The van der Waals surface area contributed by atoms with Crippen LogP contribution in [0.2, 0.25) is 0 Å². The minimum atomic E-state index is 0.103. The summed E-state index contributed by atoms with van der Waals surface area (Å²) >= 11 is 0. The van der Waals surface area contributed by atoms with Crippen molar-refractivity contribution < 1.29 is 9.47 Å². The molecule has 0 aliphatic carbocycles. The van der Waals surface area contributed by atoms with Crippen LogP contribution in [-0.4, -0.2) is 43.3 Å². The van der Waals surface area contributed by atoms with Crippen LogP contribution in [0.1, 0.15) is 12.5 Å². The molecular formula is C11H21N3O2. The first-order chi connectivity index (χ1) is 7.80. The minimum Gasteiger partial charge on any atom is -0.382 e. The molecule has 0 bridgehead atoms. The van der Waals surface area contributed by atoms with Gasteiger partial charge in [0.05, 0.1) is 18.9 Å². The van der Waals surface area contributed by atoms with Gasteiger partial charge in [0.2, 0.25) is 0 Å². The van der Waals surface area contributed by atoms with Gasteiger partial charge in [-0.2, -0.15) is 5.10 Å². The summed E-state index contributed by atoms with van der Waals surface area (Å²) in [5, 5.41) is 7.53. The van der Waals surface area contributed by atoms with Crippen molar-refractivity contribution in [2.45, 2.75) is 26.1 Å². The van der Waals surface area contributed by atoms with Crippen LogP contribution in [0.15, 0.2) is 12.4 Å². The molecule has 0 aliphatic heterocycles. The van der Waals surface area contributed by atoms with E-state index in [-0.39, 0.29) is 6.10 Å². The van der Waals surface area contributed by atoms with Gasteiger partial charge in [-0.3, -0.25) is 4.68 Å². The Labute approximate surface area is 96.7 Å². The molecular weight excluding hydrogens is 206 g/mol. The van der Waals surface area contributed by atoms with Gasteiger partial charge in [0.25, 0.3) is 0 Å². The molecule has 0 aromatic carbocycles. The molecule has 1 unspecified atom stereocenters. The van der Waals surface area contributed by atoms with E-state index < -0.39 is 0 Å². The highest BCUT2D eigenvalue weighted by Gasteiger charge is 2.06. The van der Waals surface area contributed by atoms with Crippen molar-refractivity contribution in [2.24, 2.45) is 0 Å². The van der Waals surface area contributed by atoms with Crippen LogP contribution in [0, 0.1) is 0 Å². The first kappa shape index (κ1) is 13.2. The third-order valence-corrected chi connectivity index (χ3v) is 2.40. The molecule has 1 heterocycles. The number of methoxy groups -OCH3 is 2. The fourth-order valence-electron chi connectivity index (χ4n) is 1.44. The van der Waals surface area contributed by atoms with Gasteiger partial charge < -0.3 is 14.8 Å². The Morgan fingerprint density at radius 1 is 1.50 bits per heavy atom. The maximum absolute atomic E-state index is 5.25. The van der Waals surface area contributed by atoms with Crippen molar-refractivity contribution >= 4 is 0 Å². The quantitative estimate of drug-likeness (QED) is 0.708. The Morgan fingerprint density at radius 2 is 2.31 bits per heavy atom. The lowest BCUT2D eigenvalue weighted by molar-refractivity contribution is 0.0288. The Bertz CT molecular complexity index is 289. The fraction of sp³-hybridized carbons (Fsp3) is 0.727. The summed E-state index contributed by atoms with van der Waals surface area (Å²) in [4.78, 5) is 0. The molecule has 0 saturated heterocycles. The van der Waals surface area contributed by atoms with E-state index >= 15 is 0 Å². The van der Waals surface area contributed by atoms with E-state index in [4.69, 9.17) is 9.47 Å². The average Bonchev–Trinajstić information content (AvgIpc) is 2.76. The molecule has 0 spiro atoms. The lowest BCUT2D eigenvalue weighted by atomic mass is 10.3. The monoisotopic (exact) mass is 227 g/mol. The molecule has 1 atom stereocenters. The molecule has 16 heavy (non-hydrogen) atoms. The molecule has 0 fully saturated rings. The van der Waals surface area contributed by atoms with Crippen LogP contribution in [-0.2, 0) is 22.6 Å². The lowest BCUT2D eigenvalue weighted by Crippen LogP contribution is -2.31. The van der Waals surface area contributed by atoms with Crippen LogP contribution in [0.25, 0.3) is 0 Å². The highest BCUT2D eigenvalue weighted by molar-refractivity contribution is 5.03. The van der Waals surface area contributed by atoms with Gasteiger partial charge >= 0.3 is 0 Å². The Balaban J connectivity index is 2.23. The molecule has 0 aliphatic rings. The van der Waals surface area contributed by atoms with Crippen LogP contribution >= 0.6 is 0 Å². The summed E-state index contributed by atoms with van der Waals surface area (Å²) in [6, 6.07) is 0. The molecule has 0 amide bonds. The predicted molar refractivity (Wildman–Crippen MR) is 62.3 cm³/mol. The van der Waals surface area contributed by atoms with Gasteiger partial charge in [0.1, 0.15) is 0 Å². The van der Waals surface area contributed by atoms with Crippen molar-refractivity contribution in [3.05, 3.63) is 18.0 Å². The molecule has 1 N–H and O–H groups in total. The van der Waals surface area contributed by atoms with E-state index in [9.17, 15) is 0 Å². The predicted octanol–water partition coefficient (Wildman–Crippen LogP) is 0.654. The highest BCUT2D eigenvalue weighted by atomic mass is 16.5. The molecule has 5 heteroatoms. The number of ether oxygens (including phenoxy) is 2. The van der Waals surface area contributed by atoms with Crippen molar-refractivity contribution in [2.75, 3.05) is 27.4 Å². The summed E-state index contributed by atoms with van der Waals surface area (Å²) < 4.78 is 12.2. The summed E-state index contributed by atoms with van der Waals surface area (Å²) in [5.74, 6) is 0. The normalized spacial score (nSPS) is 12.9. The number of hydrogen-bond donors (Lipinski definition) is 1. The highest BCUT2D eigenvalue weighted by Crippen LogP contribution is 1.97. The summed E-state index contributed by atoms with van der Waals surface area (Å²) in [5.41, 5.74) is 1.19. The topological polar surface area (TPSA) is 48.3 Å². The maximum atomic E-state index is 5.25. The molecule has 5 nitrogen and oxygen atoms in total. The summed E-state index contributed by atoms with van der Waals surface area (Å²) in [7, 11) is 3.37. The molecule has 1 rings (SSSR count). The van der Waals surface area contributed by atoms with Gasteiger partial charge in [0.15, 0.2) is 0 Å². The van der Waals surface area contributed by atoms with E-state index in [1.165, 1.54) is 5.56 Å². The van der Waals surface area contributed by atoms with E-state index in [1.807, 2.05) is 17.1 Å². The van der Waals surface area contributed by atoms with Crippen molar-refractivity contribution in [3.63, 3.8) is 0 Å². The van der Waals surface area contributed by atoms with Crippen LogP contribution in [0.5, 0.6) is 0 Å². The standard InChI is InChI=1S/C11H21N3O2/c1-4-14-8-10(6-13-14)5-12-7-11(16-3)9-15-2/h6,8,11-12H,4-5,7,9H2,1-3H3. The Morgan fingerprint density at radius 3 is 2.88 bits per heavy atom. The van der Waals surface area contributed by atoms with E-state index in [1.54, 1.807) is 14.2 Å².